The Morgan fingerprint density at radius 3 is 1.64 bits per heavy atom. The number of furan rings is 1. The van der Waals surface area contributed by atoms with Gasteiger partial charge in [0.25, 0.3) is 0 Å². The molecule has 0 saturated carbocycles. The molecule has 0 aliphatic carbocycles. The molecule has 0 unspecified atom stereocenters. The summed E-state index contributed by atoms with van der Waals surface area (Å²) >= 11 is 0. The molecular formula is C46H29N3O. The van der Waals surface area contributed by atoms with Crippen LogP contribution in [0.3, 0.4) is 0 Å². The van der Waals surface area contributed by atoms with Crippen molar-refractivity contribution in [2.45, 2.75) is 6.92 Å². The molecule has 0 aliphatic rings. The number of rotatable bonds is 4. The molecule has 0 radical (unpaired) electrons. The minimum Gasteiger partial charge on any atom is -0.456 e. The van der Waals surface area contributed by atoms with Gasteiger partial charge in [0.1, 0.15) is 11.2 Å². The standard InChI is InChI=1S/C46H29N3O/c1-28-17-22-40-42(25-28)50-41-16-8-15-38(43(40)41)37-23-24-39(36-14-7-6-13-35(36)37)46-48-44(33-20-18-29-9-2-4-11-31(29)26-33)47-45(49-46)34-21-19-30-10-3-5-12-32(30)27-34/h2-27H,1H3. The number of fused-ring (bicyclic) bond motifs is 6. The molecule has 4 heteroatoms. The predicted octanol–water partition coefficient (Wildman–Crippen LogP) is 12.2. The minimum atomic E-state index is 0.636. The number of aryl methyl sites for hydroxylation is 1. The third-order valence-electron chi connectivity index (χ3n) is 9.76. The van der Waals surface area contributed by atoms with Crippen LogP contribution in [0.15, 0.2) is 162 Å². The molecule has 4 nitrogen and oxygen atoms in total. The van der Waals surface area contributed by atoms with E-state index >= 15 is 0 Å². The van der Waals surface area contributed by atoms with Crippen molar-refractivity contribution >= 4 is 54.3 Å². The fourth-order valence-electron chi connectivity index (χ4n) is 7.30. The fourth-order valence-corrected chi connectivity index (χ4v) is 7.30. The van der Waals surface area contributed by atoms with Crippen molar-refractivity contribution in [3.63, 3.8) is 0 Å². The first-order chi connectivity index (χ1) is 24.7. The van der Waals surface area contributed by atoms with Crippen LogP contribution in [0.25, 0.3) is 99.5 Å². The van der Waals surface area contributed by atoms with Gasteiger partial charge in [-0.15, -0.1) is 0 Å². The topological polar surface area (TPSA) is 51.8 Å². The van der Waals surface area contributed by atoms with E-state index in [1.807, 2.05) is 0 Å². The molecule has 0 aliphatic heterocycles. The molecule has 0 bridgehead atoms. The molecule has 8 aromatic carbocycles. The van der Waals surface area contributed by atoms with Crippen molar-refractivity contribution in [2.75, 3.05) is 0 Å². The van der Waals surface area contributed by atoms with Gasteiger partial charge in [0, 0.05) is 27.5 Å². The van der Waals surface area contributed by atoms with E-state index < -0.39 is 0 Å². The number of nitrogens with zero attached hydrogens (tertiary/aromatic N) is 3. The first-order valence-corrected chi connectivity index (χ1v) is 16.9. The molecule has 0 saturated heterocycles. The van der Waals surface area contributed by atoms with Crippen LogP contribution in [0.2, 0.25) is 0 Å². The zero-order valence-electron chi connectivity index (χ0n) is 27.3. The zero-order chi connectivity index (χ0) is 33.2. The van der Waals surface area contributed by atoms with Crippen LogP contribution in [0.5, 0.6) is 0 Å². The molecule has 0 atom stereocenters. The minimum absolute atomic E-state index is 0.636. The van der Waals surface area contributed by atoms with E-state index in [0.717, 1.165) is 71.3 Å². The van der Waals surface area contributed by atoms with Crippen molar-refractivity contribution in [3.8, 4) is 45.3 Å². The number of aromatic nitrogens is 3. The second-order valence-corrected chi connectivity index (χ2v) is 12.9. The van der Waals surface area contributed by atoms with E-state index in [1.54, 1.807) is 0 Å². The SMILES string of the molecule is Cc1ccc2c(c1)oc1cccc(-c3ccc(-c4nc(-c5ccc6ccccc6c5)nc(-c5ccc6ccccc6c5)n4)c4ccccc34)c12. The number of benzene rings is 8. The molecule has 2 heterocycles. The second-order valence-electron chi connectivity index (χ2n) is 12.9. The van der Waals surface area contributed by atoms with Gasteiger partial charge in [0.05, 0.1) is 0 Å². The lowest BCUT2D eigenvalue weighted by Gasteiger charge is -2.14. The van der Waals surface area contributed by atoms with Crippen LogP contribution in [0, 0.1) is 6.92 Å². The summed E-state index contributed by atoms with van der Waals surface area (Å²) in [6.45, 7) is 2.09. The monoisotopic (exact) mass is 639 g/mol. The summed E-state index contributed by atoms with van der Waals surface area (Å²) in [5.41, 5.74) is 8.09. The van der Waals surface area contributed by atoms with Crippen molar-refractivity contribution in [1.29, 1.82) is 0 Å². The highest BCUT2D eigenvalue weighted by Crippen LogP contribution is 2.41. The first-order valence-electron chi connectivity index (χ1n) is 16.9. The molecule has 0 amide bonds. The van der Waals surface area contributed by atoms with Gasteiger partial charge < -0.3 is 4.42 Å². The smallest absolute Gasteiger partial charge is 0.164 e. The van der Waals surface area contributed by atoms with Crippen LogP contribution >= 0.6 is 0 Å². The summed E-state index contributed by atoms with van der Waals surface area (Å²) in [6.07, 6.45) is 0. The van der Waals surface area contributed by atoms with Crippen molar-refractivity contribution in [3.05, 3.63) is 163 Å². The van der Waals surface area contributed by atoms with Crippen LogP contribution in [0.4, 0.5) is 0 Å². The molecule has 0 spiro atoms. The summed E-state index contributed by atoms with van der Waals surface area (Å²) in [6, 6.07) is 55.2. The molecule has 0 N–H and O–H groups in total. The second kappa shape index (κ2) is 11.2. The lowest BCUT2D eigenvalue weighted by molar-refractivity contribution is 0.668. The molecule has 50 heavy (non-hydrogen) atoms. The summed E-state index contributed by atoms with van der Waals surface area (Å²) in [4.78, 5) is 15.4. The van der Waals surface area contributed by atoms with Gasteiger partial charge in [-0.05, 0) is 86.3 Å². The van der Waals surface area contributed by atoms with Crippen molar-refractivity contribution in [2.24, 2.45) is 0 Å². The maximum atomic E-state index is 6.34. The molecule has 0 fully saturated rings. The van der Waals surface area contributed by atoms with Gasteiger partial charge in [-0.3, -0.25) is 0 Å². The normalized spacial score (nSPS) is 11.7. The summed E-state index contributed by atoms with van der Waals surface area (Å²) in [5, 5.41) is 9.08. The molecule has 10 rings (SSSR count). The van der Waals surface area contributed by atoms with E-state index in [0.29, 0.717) is 17.5 Å². The van der Waals surface area contributed by atoms with Crippen molar-refractivity contribution < 1.29 is 4.42 Å². The fraction of sp³-hybridized carbons (Fsp3) is 0.0217. The predicted molar refractivity (Wildman–Crippen MR) is 206 cm³/mol. The Morgan fingerprint density at radius 1 is 0.380 bits per heavy atom. The van der Waals surface area contributed by atoms with E-state index in [9.17, 15) is 0 Å². The quantitative estimate of drug-likeness (QED) is 0.192. The Kier molecular flexibility index (Phi) is 6.36. The van der Waals surface area contributed by atoms with Crippen molar-refractivity contribution in [1.82, 2.24) is 15.0 Å². The molecular weight excluding hydrogens is 611 g/mol. The molecule has 2 aromatic heterocycles. The number of hydrogen-bond acceptors (Lipinski definition) is 4. The van der Waals surface area contributed by atoms with E-state index in [4.69, 9.17) is 19.4 Å². The lowest BCUT2D eigenvalue weighted by atomic mass is 9.92. The lowest BCUT2D eigenvalue weighted by Crippen LogP contribution is -2.01. The maximum absolute atomic E-state index is 6.34. The highest BCUT2D eigenvalue weighted by atomic mass is 16.3. The summed E-state index contributed by atoms with van der Waals surface area (Å²) in [7, 11) is 0. The Morgan fingerprint density at radius 2 is 0.960 bits per heavy atom. The third kappa shape index (κ3) is 4.65. The molecule has 234 valence electrons. The van der Waals surface area contributed by atoms with Gasteiger partial charge >= 0.3 is 0 Å². The van der Waals surface area contributed by atoms with Crippen LogP contribution in [0.1, 0.15) is 5.56 Å². The van der Waals surface area contributed by atoms with Gasteiger partial charge in [0.2, 0.25) is 0 Å². The average Bonchev–Trinajstić information content (AvgIpc) is 3.55. The molecule has 10 aromatic rings. The van der Waals surface area contributed by atoms with Gasteiger partial charge in [-0.1, -0.05) is 127 Å². The Labute approximate surface area is 288 Å². The summed E-state index contributed by atoms with van der Waals surface area (Å²) < 4.78 is 6.34. The van der Waals surface area contributed by atoms with E-state index in [2.05, 4.69) is 165 Å². The van der Waals surface area contributed by atoms with Crippen LogP contribution in [-0.4, -0.2) is 15.0 Å². The van der Waals surface area contributed by atoms with Crippen LogP contribution < -0.4 is 0 Å². The summed E-state index contributed by atoms with van der Waals surface area (Å²) in [5.74, 6) is 1.92. The van der Waals surface area contributed by atoms with E-state index in [-0.39, 0.29) is 0 Å². The Bertz CT molecular complexity index is 2860. The largest absolute Gasteiger partial charge is 0.456 e. The number of hydrogen-bond donors (Lipinski definition) is 0. The van der Waals surface area contributed by atoms with Crippen LogP contribution in [-0.2, 0) is 0 Å². The Hall–Kier alpha value is -6.65. The van der Waals surface area contributed by atoms with Gasteiger partial charge in [-0.2, -0.15) is 0 Å². The first kappa shape index (κ1) is 28.4. The highest BCUT2D eigenvalue weighted by molar-refractivity contribution is 6.16. The average molecular weight is 640 g/mol. The Balaban J connectivity index is 1.20. The van der Waals surface area contributed by atoms with E-state index in [1.165, 1.54) is 16.3 Å². The van der Waals surface area contributed by atoms with Gasteiger partial charge in [-0.25, -0.2) is 15.0 Å². The van der Waals surface area contributed by atoms with Gasteiger partial charge in [0.15, 0.2) is 17.5 Å². The zero-order valence-corrected chi connectivity index (χ0v) is 27.3. The third-order valence-corrected chi connectivity index (χ3v) is 9.76. The highest BCUT2D eigenvalue weighted by Gasteiger charge is 2.19. The maximum Gasteiger partial charge on any atom is 0.164 e.